The van der Waals surface area contributed by atoms with E-state index in [9.17, 15) is 8.42 Å². The third-order valence-electron chi connectivity index (χ3n) is 2.48. The summed E-state index contributed by atoms with van der Waals surface area (Å²) in [5, 5.41) is 0. The van der Waals surface area contributed by atoms with Crippen molar-refractivity contribution in [3.05, 3.63) is 24.3 Å². The molecule has 1 aromatic carbocycles. The van der Waals surface area contributed by atoms with E-state index in [1.54, 1.807) is 24.3 Å². The molecule has 0 unspecified atom stereocenters. The van der Waals surface area contributed by atoms with E-state index in [0.717, 1.165) is 0 Å². The van der Waals surface area contributed by atoms with Gasteiger partial charge in [-0.1, -0.05) is 12.1 Å². The Morgan fingerprint density at radius 3 is 2.88 bits per heavy atom. The molecule has 4 nitrogen and oxygen atoms in total. The molecule has 0 atom stereocenters. The van der Waals surface area contributed by atoms with E-state index in [0.29, 0.717) is 25.1 Å². The van der Waals surface area contributed by atoms with Crippen LogP contribution in [0, 0.1) is 12.3 Å². The average Bonchev–Trinajstić information content (AvgIpc) is 2.32. The first-order valence-corrected chi connectivity index (χ1v) is 6.69. The normalized spacial score (nSPS) is 16.3. The fraction of sp³-hybridized carbons (Fsp3) is 0.250. The molecule has 0 saturated heterocycles. The van der Waals surface area contributed by atoms with E-state index in [1.807, 2.05) is 0 Å². The standard InChI is InChI=1S/C12H12N2O2S/c1-2-3-6-9-14-10-13-11-7-4-5-8-12(11)17(14,15)16/h1,4-5,7-8,10H,3,6,9H2. The van der Waals surface area contributed by atoms with Crippen LogP contribution in [0.15, 0.2) is 34.2 Å². The maximum absolute atomic E-state index is 12.2. The van der Waals surface area contributed by atoms with Gasteiger partial charge in [-0.3, -0.25) is 4.31 Å². The van der Waals surface area contributed by atoms with E-state index in [1.165, 1.54) is 10.6 Å². The average molecular weight is 248 g/mol. The molecule has 1 heterocycles. The summed E-state index contributed by atoms with van der Waals surface area (Å²) in [4.78, 5) is 4.37. The molecule has 0 N–H and O–H groups in total. The van der Waals surface area contributed by atoms with Gasteiger partial charge in [-0.25, -0.2) is 13.4 Å². The molecule has 17 heavy (non-hydrogen) atoms. The predicted octanol–water partition coefficient (Wildman–Crippen LogP) is 1.76. The molecule has 88 valence electrons. The second kappa shape index (κ2) is 4.60. The number of para-hydroxylation sites is 1. The van der Waals surface area contributed by atoms with Gasteiger partial charge in [0, 0.05) is 13.0 Å². The van der Waals surface area contributed by atoms with Gasteiger partial charge >= 0.3 is 0 Å². The van der Waals surface area contributed by atoms with E-state index >= 15 is 0 Å². The summed E-state index contributed by atoms with van der Waals surface area (Å²) in [6, 6.07) is 6.70. The van der Waals surface area contributed by atoms with Crippen LogP contribution in [0.25, 0.3) is 0 Å². The van der Waals surface area contributed by atoms with E-state index < -0.39 is 10.0 Å². The van der Waals surface area contributed by atoms with E-state index in [-0.39, 0.29) is 4.90 Å². The molecule has 0 amide bonds. The first-order chi connectivity index (χ1) is 8.16. The number of hydrogen-bond donors (Lipinski definition) is 0. The van der Waals surface area contributed by atoms with Crippen molar-refractivity contribution < 1.29 is 8.42 Å². The maximum atomic E-state index is 12.2. The first kappa shape index (κ1) is 11.7. The number of terminal acetylenes is 1. The zero-order valence-electron chi connectivity index (χ0n) is 9.20. The lowest BCUT2D eigenvalue weighted by atomic mass is 10.3. The van der Waals surface area contributed by atoms with Gasteiger partial charge in [0.2, 0.25) is 0 Å². The molecular weight excluding hydrogens is 236 g/mol. The van der Waals surface area contributed by atoms with Crippen molar-refractivity contribution in [1.82, 2.24) is 4.31 Å². The molecule has 1 aliphatic heterocycles. The number of unbranched alkanes of at least 4 members (excludes halogenated alkanes) is 1. The number of aliphatic imine (C=N–C) groups is 1. The van der Waals surface area contributed by atoms with Gasteiger partial charge < -0.3 is 0 Å². The first-order valence-electron chi connectivity index (χ1n) is 5.25. The monoisotopic (exact) mass is 248 g/mol. The highest BCUT2D eigenvalue weighted by molar-refractivity contribution is 7.89. The van der Waals surface area contributed by atoms with Crippen LogP contribution in [-0.4, -0.2) is 25.6 Å². The highest BCUT2D eigenvalue weighted by Crippen LogP contribution is 2.29. The number of rotatable bonds is 3. The fourth-order valence-corrected chi connectivity index (χ4v) is 3.04. The van der Waals surface area contributed by atoms with Crippen LogP contribution < -0.4 is 0 Å². The minimum absolute atomic E-state index is 0.253. The number of benzene rings is 1. The molecule has 0 bridgehead atoms. The summed E-state index contributed by atoms with van der Waals surface area (Å²) in [5.41, 5.74) is 0.487. The lowest BCUT2D eigenvalue weighted by molar-refractivity contribution is 0.517. The Bertz CT molecular complexity index is 585. The molecule has 2 rings (SSSR count). The Hall–Kier alpha value is -1.80. The predicted molar refractivity (Wildman–Crippen MR) is 66.6 cm³/mol. The minimum atomic E-state index is -3.45. The van der Waals surface area contributed by atoms with Crippen molar-refractivity contribution in [3.63, 3.8) is 0 Å². The van der Waals surface area contributed by atoms with E-state index in [2.05, 4.69) is 10.9 Å². The topological polar surface area (TPSA) is 49.7 Å². The van der Waals surface area contributed by atoms with Crippen LogP contribution in [0.2, 0.25) is 0 Å². The molecule has 0 saturated carbocycles. The fourth-order valence-electron chi connectivity index (χ4n) is 1.61. The molecule has 0 spiro atoms. The zero-order chi connectivity index (χ0) is 12.3. The van der Waals surface area contributed by atoms with Crippen LogP contribution in [0.4, 0.5) is 5.69 Å². The van der Waals surface area contributed by atoms with Gasteiger partial charge in [0.05, 0.1) is 5.69 Å². The molecule has 0 radical (unpaired) electrons. The Labute approximate surface area is 101 Å². The van der Waals surface area contributed by atoms with Crippen molar-refractivity contribution >= 4 is 22.0 Å². The molecule has 0 aliphatic carbocycles. The maximum Gasteiger partial charge on any atom is 0.267 e. The van der Waals surface area contributed by atoms with Crippen LogP contribution in [0.1, 0.15) is 12.8 Å². The third-order valence-corrected chi connectivity index (χ3v) is 4.27. The van der Waals surface area contributed by atoms with Gasteiger partial charge in [-0.05, 0) is 18.6 Å². The van der Waals surface area contributed by atoms with Gasteiger partial charge in [0.1, 0.15) is 11.2 Å². The summed E-state index contributed by atoms with van der Waals surface area (Å²) in [7, 11) is -3.45. The lowest BCUT2D eigenvalue weighted by Gasteiger charge is -2.23. The summed E-state index contributed by atoms with van der Waals surface area (Å²) in [5.74, 6) is 2.49. The zero-order valence-corrected chi connectivity index (χ0v) is 10.0. The van der Waals surface area contributed by atoms with Crippen molar-refractivity contribution in [3.8, 4) is 12.3 Å². The van der Waals surface area contributed by atoms with Crippen LogP contribution >= 0.6 is 0 Å². The highest BCUT2D eigenvalue weighted by atomic mass is 32.2. The number of nitrogens with zero attached hydrogens (tertiary/aromatic N) is 2. The molecule has 1 aromatic rings. The summed E-state index contributed by atoms with van der Waals surface area (Å²) in [6.07, 6.45) is 7.68. The summed E-state index contributed by atoms with van der Waals surface area (Å²) >= 11 is 0. The van der Waals surface area contributed by atoms with Gasteiger partial charge in [-0.2, -0.15) is 0 Å². The third kappa shape index (κ3) is 2.17. The smallest absolute Gasteiger partial charge is 0.256 e. The Morgan fingerprint density at radius 2 is 2.12 bits per heavy atom. The largest absolute Gasteiger partial charge is 0.267 e. The van der Waals surface area contributed by atoms with Crippen molar-refractivity contribution in [2.75, 3.05) is 6.54 Å². The lowest BCUT2D eigenvalue weighted by Crippen LogP contribution is -2.32. The number of fused-ring (bicyclic) bond motifs is 1. The summed E-state index contributed by atoms with van der Waals surface area (Å²) in [6.45, 7) is 0.365. The van der Waals surface area contributed by atoms with Crippen LogP contribution in [0.3, 0.4) is 0 Å². The SMILES string of the molecule is C#CCCCN1C=Nc2ccccc2S1(=O)=O. The molecule has 0 fully saturated rings. The molecule has 1 aliphatic rings. The van der Waals surface area contributed by atoms with Gasteiger partial charge in [0.25, 0.3) is 10.0 Å². The Balaban J connectivity index is 2.29. The quantitative estimate of drug-likeness (QED) is 0.604. The highest BCUT2D eigenvalue weighted by Gasteiger charge is 2.27. The van der Waals surface area contributed by atoms with Gasteiger partial charge in [0.15, 0.2) is 0 Å². The molecule has 5 heteroatoms. The Kier molecular flexibility index (Phi) is 3.16. The number of hydrogen-bond acceptors (Lipinski definition) is 3. The van der Waals surface area contributed by atoms with Crippen molar-refractivity contribution in [2.45, 2.75) is 17.7 Å². The second-order valence-corrected chi connectivity index (χ2v) is 5.49. The van der Waals surface area contributed by atoms with Crippen LogP contribution in [-0.2, 0) is 10.0 Å². The summed E-state index contributed by atoms with van der Waals surface area (Å²) < 4.78 is 25.6. The molecule has 0 aromatic heterocycles. The van der Waals surface area contributed by atoms with Crippen molar-refractivity contribution in [1.29, 1.82) is 0 Å². The second-order valence-electron chi connectivity index (χ2n) is 3.64. The van der Waals surface area contributed by atoms with Crippen molar-refractivity contribution in [2.24, 2.45) is 4.99 Å². The van der Waals surface area contributed by atoms with Gasteiger partial charge in [-0.15, -0.1) is 12.3 Å². The number of sulfonamides is 1. The Morgan fingerprint density at radius 1 is 1.35 bits per heavy atom. The minimum Gasteiger partial charge on any atom is -0.256 e. The molecular formula is C12H12N2O2S. The van der Waals surface area contributed by atoms with E-state index in [4.69, 9.17) is 6.42 Å². The van der Waals surface area contributed by atoms with Crippen LogP contribution in [0.5, 0.6) is 0 Å².